The predicted octanol–water partition coefficient (Wildman–Crippen LogP) is 3.83. The zero-order valence-corrected chi connectivity index (χ0v) is 18.0. The Kier molecular flexibility index (Phi) is 6.26. The summed E-state index contributed by atoms with van der Waals surface area (Å²) in [5.41, 5.74) is 0.933. The van der Waals surface area contributed by atoms with Crippen LogP contribution in [0, 0.1) is 11.8 Å². The average molecular weight is 385 g/mol. The van der Waals surface area contributed by atoms with E-state index in [1.807, 2.05) is 26.0 Å². The van der Waals surface area contributed by atoms with Crippen LogP contribution < -0.4 is 10.2 Å². The fraction of sp³-hybridized carbons (Fsp3) is 0.696. The zero-order chi connectivity index (χ0) is 20.5. The van der Waals surface area contributed by atoms with Gasteiger partial charge < -0.3 is 14.5 Å². The molecule has 5 heteroatoms. The van der Waals surface area contributed by atoms with Crippen molar-refractivity contribution in [2.75, 3.05) is 7.11 Å². The molecule has 153 valence electrons. The normalized spacial score (nSPS) is 20.5. The van der Waals surface area contributed by atoms with Crippen molar-refractivity contribution in [2.45, 2.75) is 83.8 Å². The van der Waals surface area contributed by atoms with Crippen molar-refractivity contribution in [1.29, 1.82) is 0 Å². The number of hydrogen-bond donors (Lipinski definition) is 1. The molecular formula is C23H34BO4. The highest BCUT2D eigenvalue weighted by molar-refractivity contribution is 6.47. The Morgan fingerprint density at radius 1 is 1.11 bits per heavy atom. The van der Waals surface area contributed by atoms with E-state index in [-0.39, 0.29) is 5.78 Å². The largest absolute Gasteiger partial charge is 0.496 e. The topological polar surface area (TPSA) is 55.8 Å². The number of hydrogen-bond acceptors (Lipinski definition) is 4. The van der Waals surface area contributed by atoms with E-state index in [0.717, 1.165) is 41.8 Å². The fourth-order valence-electron chi connectivity index (χ4n) is 3.75. The maximum atomic E-state index is 13.0. The molecule has 0 bridgehead atoms. The van der Waals surface area contributed by atoms with Crippen LogP contribution >= 0.6 is 0 Å². The molecule has 0 aromatic heterocycles. The number of ether oxygens (including phenoxy) is 1. The molecule has 1 radical (unpaired) electrons. The van der Waals surface area contributed by atoms with Gasteiger partial charge in [0.05, 0.1) is 23.9 Å². The third-order valence-electron chi connectivity index (χ3n) is 6.64. The van der Waals surface area contributed by atoms with Gasteiger partial charge in [0.15, 0.2) is 5.78 Å². The third kappa shape index (κ3) is 4.98. The third-order valence-corrected chi connectivity index (χ3v) is 6.64. The lowest BCUT2D eigenvalue weighted by Crippen LogP contribution is -2.49. The molecule has 1 aromatic carbocycles. The van der Waals surface area contributed by atoms with Crippen molar-refractivity contribution in [3.63, 3.8) is 0 Å². The SMILES string of the molecule is COc1cc([B]OC(C)(C)C(C)(C)O)cc2c1C(=O)CC(CCC1CC1)CC2. The van der Waals surface area contributed by atoms with Crippen molar-refractivity contribution in [3.05, 3.63) is 23.3 Å². The molecule has 1 aromatic rings. The zero-order valence-electron chi connectivity index (χ0n) is 18.0. The highest BCUT2D eigenvalue weighted by Gasteiger charge is 2.36. The molecule has 0 aliphatic heterocycles. The predicted molar refractivity (Wildman–Crippen MR) is 113 cm³/mol. The van der Waals surface area contributed by atoms with E-state index in [9.17, 15) is 9.90 Å². The van der Waals surface area contributed by atoms with E-state index in [1.54, 1.807) is 28.4 Å². The first-order chi connectivity index (χ1) is 13.1. The number of benzene rings is 1. The monoisotopic (exact) mass is 385 g/mol. The fourth-order valence-corrected chi connectivity index (χ4v) is 3.75. The molecule has 2 aliphatic rings. The Hall–Kier alpha value is -1.33. The Balaban J connectivity index is 1.76. The lowest BCUT2D eigenvalue weighted by Gasteiger charge is -2.37. The summed E-state index contributed by atoms with van der Waals surface area (Å²) in [6.07, 6.45) is 7.74. The highest BCUT2D eigenvalue weighted by Crippen LogP contribution is 2.38. The number of aryl methyl sites for hydroxylation is 1. The van der Waals surface area contributed by atoms with Gasteiger partial charge in [-0.05, 0) is 75.9 Å². The number of ketones is 1. The van der Waals surface area contributed by atoms with Crippen LogP contribution in [0.15, 0.2) is 12.1 Å². The standard InChI is InChI=1S/C23H34BO4/c1-22(2,26)23(3,4)28-24-18-13-17-11-10-16(9-8-15-6-7-15)12-19(25)21(17)20(14-18)27-5/h13-16,26H,6-12H2,1-5H3. The number of aliphatic hydroxyl groups is 1. The van der Waals surface area contributed by atoms with Crippen molar-refractivity contribution >= 4 is 18.7 Å². The van der Waals surface area contributed by atoms with Gasteiger partial charge in [-0.15, -0.1) is 0 Å². The van der Waals surface area contributed by atoms with Gasteiger partial charge in [-0.1, -0.05) is 25.3 Å². The molecule has 28 heavy (non-hydrogen) atoms. The number of Topliss-reactive ketones (excluding diaryl/α,β-unsaturated/α-hetero) is 1. The van der Waals surface area contributed by atoms with Gasteiger partial charge in [0.25, 0.3) is 0 Å². The van der Waals surface area contributed by atoms with Crippen molar-refractivity contribution < 1.29 is 19.3 Å². The smallest absolute Gasteiger partial charge is 0.331 e. The Bertz CT molecular complexity index is 716. The van der Waals surface area contributed by atoms with Crippen LogP contribution in [0.25, 0.3) is 0 Å². The van der Waals surface area contributed by atoms with E-state index in [1.165, 1.54) is 19.3 Å². The molecule has 1 N–H and O–H groups in total. The summed E-state index contributed by atoms with van der Waals surface area (Å²) < 4.78 is 11.5. The summed E-state index contributed by atoms with van der Waals surface area (Å²) >= 11 is 0. The number of methoxy groups -OCH3 is 1. The van der Waals surface area contributed by atoms with Gasteiger partial charge in [-0.2, -0.15) is 0 Å². The van der Waals surface area contributed by atoms with Crippen LogP contribution in [0.1, 0.15) is 82.1 Å². The van der Waals surface area contributed by atoms with Gasteiger partial charge in [0.2, 0.25) is 0 Å². The summed E-state index contributed by atoms with van der Waals surface area (Å²) in [6.45, 7) is 7.19. The second-order valence-electron chi connectivity index (χ2n) is 9.62. The van der Waals surface area contributed by atoms with E-state index in [0.29, 0.717) is 18.1 Å². The first-order valence-electron chi connectivity index (χ1n) is 10.6. The van der Waals surface area contributed by atoms with Crippen LogP contribution in [0.2, 0.25) is 0 Å². The molecule has 3 rings (SSSR count). The molecule has 0 heterocycles. The lowest BCUT2D eigenvalue weighted by atomic mass is 9.80. The summed E-state index contributed by atoms with van der Waals surface area (Å²) in [7, 11) is 3.28. The summed E-state index contributed by atoms with van der Waals surface area (Å²) in [4.78, 5) is 13.0. The molecule has 4 nitrogen and oxygen atoms in total. The van der Waals surface area contributed by atoms with Gasteiger partial charge in [0, 0.05) is 6.42 Å². The van der Waals surface area contributed by atoms with Gasteiger partial charge >= 0.3 is 7.48 Å². The van der Waals surface area contributed by atoms with E-state index < -0.39 is 11.2 Å². The number of rotatable bonds is 8. The molecule has 0 saturated heterocycles. The Labute approximate surface area is 170 Å². The van der Waals surface area contributed by atoms with Crippen molar-refractivity contribution in [1.82, 2.24) is 0 Å². The minimum atomic E-state index is -0.982. The first-order valence-corrected chi connectivity index (χ1v) is 10.6. The van der Waals surface area contributed by atoms with Crippen LogP contribution in [-0.4, -0.2) is 36.7 Å². The van der Waals surface area contributed by atoms with Crippen LogP contribution in [0.3, 0.4) is 0 Å². The average Bonchev–Trinajstić information content (AvgIpc) is 3.45. The summed E-state index contributed by atoms with van der Waals surface area (Å²) in [6, 6.07) is 3.90. The number of carbonyl (C=O) groups excluding carboxylic acids is 1. The van der Waals surface area contributed by atoms with Crippen LogP contribution in [0.4, 0.5) is 0 Å². The number of fused-ring (bicyclic) bond motifs is 1. The maximum absolute atomic E-state index is 13.0. The highest BCUT2D eigenvalue weighted by atomic mass is 16.5. The van der Waals surface area contributed by atoms with E-state index in [4.69, 9.17) is 9.39 Å². The Morgan fingerprint density at radius 2 is 1.79 bits per heavy atom. The van der Waals surface area contributed by atoms with E-state index in [2.05, 4.69) is 0 Å². The maximum Gasteiger partial charge on any atom is 0.331 e. The summed E-state index contributed by atoms with van der Waals surface area (Å²) in [5.74, 6) is 2.21. The molecule has 2 aliphatic carbocycles. The van der Waals surface area contributed by atoms with Crippen molar-refractivity contribution in [3.8, 4) is 5.75 Å². The molecule has 0 spiro atoms. The molecule has 0 amide bonds. The van der Waals surface area contributed by atoms with Crippen LogP contribution in [0.5, 0.6) is 5.75 Å². The van der Waals surface area contributed by atoms with Gasteiger partial charge in [-0.25, -0.2) is 0 Å². The van der Waals surface area contributed by atoms with Gasteiger partial charge in [0.1, 0.15) is 5.75 Å². The number of carbonyl (C=O) groups is 1. The van der Waals surface area contributed by atoms with Gasteiger partial charge in [-0.3, -0.25) is 4.79 Å². The Morgan fingerprint density at radius 3 is 2.39 bits per heavy atom. The minimum Gasteiger partial charge on any atom is -0.496 e. The van der Waals surface area contributed by atoms with E-state index >= 15 is 0 Å². The van der Waals surface area contributed by atoms with Crippen LogP contribution in [-0.2, 0) is 11.1 Å². The first kappa shape index (κ1) is 21.4. The quantitative estimate of drug-likeness (QED) is 0.546. The second-order valence-corrected chi connectivity index (χ2v) is 9.62. The molecule has 1 unspecified atom stereocenters. The molecule has 1 atom stereocenters. The molecule has 1 saturated carbocycles. The summed E-state index contributed by atoms with van der Waals surface area (Å²) in [5, 5.41) is 10.3. The molecule has 1 fully saturated rings. The second kappa shape index (κ2) is 8.20. The minimum absolute atomic E-state index is 0.203. The van der Waals surface area contributed by atoms with Crippen molar-refractivity contribution in [2.24, 2.45) is 11.8 Å². The lowest BCUT2D eigenvalue weighted by molar-refractivity contribution is -0.0893. The molecular weight excluding hydrogens is 351 g/mol.